The summed E-state index contributed by atoms with van der Waals surface area (Å²) in [5.41, 5.74) is 0.156. The van der Waals surface area contributed by atoms with E-state index in [1.807, 2.05) is 0 Å². The maximum Gasteiger partial charge on any atom is 0.391 e. The number of alkyl halides is 3. The molecule has 2 aliphatic carbocycles. The lowest BCUT2D eigenvalue weighted by atomic mass is 9.81. The molecule has 5 heteroatoms. The van der Waals surface area contributed by atoms with E-state index in [4.69, 9.17) is 0 Å². The van der Waals surface area contributed by atoms with Crippen molar-refractivity contribution >= 4 is 0 Å². The standard InChI is InChI=1S/C14H22F3NO/c15-14(16,17)11-3-1-10(2-4-11)7-18-8-12(19)13(9-18)5-6-13/h10-12,19H,1-9H2/t10?,11?,12-/m0/s1. The summed E-state index contributed by atoms with van der Waals surface area (Å²) in [5.74, 6) is -0.692. The molecule has 0 unspecified atom stereocenters. The fourth-order valence-electron chi connectivity index (χ4n) is 3.88. The highest BCUT2D eigenvalue weighted by atomic mass is 19.4. The van der Waals surface area contributed by atoms with Crippen LogP contribution in [0.3, 0.4) is 0 Å². The second kappa shape index (κ2) is 4.62. The Bertz CT molecular complexity index is 332. The van der Waals surface area contributed by atoms with Gasteiger partial charge in [-0.2, -0.15) is 13.2 Å². The van der Waals surface area contributed by atoms with Crippen LogP contribution in [0.2, 0.25) is 0 Å². The summed E-state index contributed by atoms with van der Waals surface area (Å²) >= 11 is 0. The van der Waals surface area contributed by atoms with Crippen LogP contribution in [0.15, 0.2) is 0 Å². The molecule has 0 aromatic heterocycles. The summed E-state index contributed by atoms with van der Waals surface area (Å²) in [4.78, 5) is 2.27. The lowest BCUT2D eigenvalue weighted by Crippen LogP contribution is -2.33. The topological polar surface area (TPSA) is 23.5 Å². The zero-order valence-electron chi connectivity index (χ0n) is 11.1. The molecule has 0 amide bonds. The van der Waals surface area contributed by atoms with Gasteiger partial charge in [0.15, 0.2) is 0 Å². The molecule has 1 aliphatic heterocycles. The van der Waals surface area contributed by atoms with Crippen molar-refractivity contribution < 1.29 is 18.3 Å². The molecule has 3 fully saturated rings. The minimum absolute atomic E-state index is 0.156. The molecule has 0 bridgehead atoms. The first-order valence-corrected chi connectivity index (χ1v) is 7.36. The van der Waals surface area contributed by atoms with Crippen LogP contribution in [0.1, 0.15) is 38.5 Å². The first-order valence-electron chi connectivity index (χ1n) is 7.36. The first kappa shape index (κ1) is 13.7. The summed E-state index contributed by atoms with van der Waals surface area (Å²) in [5, 5.41) is 9.98. The van der Waals surface area contributed by atoms with E-state index >= 15 is 0 Å². The smallest absolute Gasteiger partial charge is 0.391 e. The maximum atomic E-state index is 12.6. The van der Waals surface area contributed by atoms with Crippen molar-refractivity contribution in [3.8, 4) is 0 Å². The van der Waals surface area contributed by atoms with Crippen LogP contribution in [0.5, 0.6) is 0 Å². The Kier molecular flexibility index (Phi) is 3.33. The molecule has 3 rings (SSSR count). The molecule has 1 heterocycles. The number of β-amino-alcohol motifs (C(OH)–C–C–N with tert-alkyl or cyclic N) is 1. The van der Waals surface area contributed by atoms with Crippen molar-refractivity contribution in [1.82, 2.24) is 4.90 Å². The highest BCUT2D eigenvalue weighted by Gasteiger charge is 2.54. The van der Waals surface area contributed by atoms with Crippen molar-refractivity contribution in [3.05, 3.63) is 0 Å². The average molecular weight is 277 g/mol. The third-order valence-electron chi connectivity index (χ3n) is 5.39. The van der Waals surface area contributed by atoms with Crippen LogP contribution in [-0.2, 0) is 0 Å². The van der Waals surface area contributed by atoms with Crippen LogP contribution in [0, 0.1) is 17.3 Å². The van der Waals surface area contributed by atoms with Crippen molar-refractivity contribution in [1.29, 1.82) is 0 Å². The maximum absolute atomic E-state index is 12.6. The molecule has 110 valence electrons. The Morgan fingerprint density at radius 2 is 1.74 bits per heavy atom. The quantitative estimate of drug-likeness (QED) is 0.839. The van der Waals surface area contributed by atoms with E-state index in [1.165, 1.54) is 0 Å². The number of rotatable bonds is 2. The molecule has 3 aliphatic rings. The van der Waals surface area contributed by atoms with E-state index in [0.717, 1.165) is 32.5 Å². The Morgan fingerprint density at radius 1 is 1.11 bits per heavy atom. The van der Waals surface area contributed by atoms with Gasteiger partial charge in [-0.25, -0.2) is 0 Å². The Balaban J connectivity index is 1.46. The molecule has 1 atom stereocenters. The van der Waals surface area contributed by atoms with Gasteiger partial charge in [-0.3, -0.25) is 4.90 Å². The number of hydrogen-bond acceptors (Lipinski definition) is 2. The summed E-state index contributed by atoms with van der Waals surface area (Å²) in [6.07, 6.45) is -0.0398. The van der Waals surface area contributed by atoms with Gasteiger partial charge in [-0.1, -0.05) is 0 Å². The highest BCUT2D eigenvalue weighted by molar-refractivity contribution is 5.06. The molecular weight excluding hydrogens is 255 g/mol. The van der Waals surface area contributed by atoms with Gasteiger partial charge in [0.25, 0.3) is 0 Å². The van der Waals surface area contributed by atoms with Crippen molar-refractivity contribution in [2.75, 3.05) is 19.6 Å². The monoisotopic (exact) mass is 277 g/mol. The van der Waals surface area contributed by atoms with Gasteiger partial charge >= 0.3 is 6.18 Å². The van der Waals surface area contributed by atoms with Crippen LogP contribution >= 0.6 is 0 Å². The zero-order chi connectivity index (χ0) is 13.7. The second-order valence-corrected chi connectivity index (χ2v) is 6.83. The van der Waals surface area contributed by atoms with E-state index in [1.54, 1.807) is 0 Å². The van der Waals surface area contributed by atoms with Crippen LogP contribution in [0.4, 0.5) is 13.2 Å². The van der Waals surface area contributed by atoms with E-state index < -0.39 is 12.1 Å². The van der Waals surface area contributed by atoms with Gasteiger partial charge in [0, 0.05) is 25.0 Å². The van der Waals surface area contributed by atoms with Gasteiger partial charge in [-0.05, 0) is 44.4 Å². The van der Waals surface area contributed by atoms with E-state index in [-0.39, 0.29) is 24.4 Å². The van der Waals surface area contributed by atoms with Gasteiger partial charge < -0.3 is 5.11 Å². The SMILES string of the molecule is O[C@H]1CN(CC2CCC(C(F)(F)F)CC2)CC12CC2. The van der Waals surface area contributed by atoms with Crippen molar-refractivity contribution in [2.45, 2.75) is 50.8 Å². The van der Waals surface area contributed by atoms with Gasteiger partial charge in [0.05, 0.1) is 12.0 Å². The largest absolute Gasteiger partial charge is 0.391 e. The number of nitrogens with zero attached hydrogens (tertiary/aromatic N) is 1. The van der Waals surface area contributed by atoms with E-state index in [9.17, 15) is 18.3 Å². The normalized spacial score (nSPS) is 38.8. The molecule has 1 N–H and O–H groups in total. The van der Waals surface area contributed by atoms with Gasteiger partial charge in [0.2, 0.25) is 0 Å². The summed E-state index contributed by atoms with van der Waals surface area (Å²) in [6, 6.07) is 0. The van der Waals surface area contributed by atoms with Crippen LogP contribution in [0.25, 0.3) is 0 Å². The number of halogens is 3. The van der Waals surface area contributed by atoms with E-state index in [0.29, 0.717) is 18.8 Å². The molecule has 2 saturated carbocycles. The predicted molar refractivity (Wildman–Crippen MR) is 65.6 cm³/mol. The summed E-state index contributed by atoms with van der Waals surface area (Å²) in [7, 11) is 0. The van der Waals surface area contributed by atoms with Crippen molar-refractivity contribution in [3.63, 3.8) is 0 Å². The second-order valence-electron chi connectivity index (χ2n) is 6.83. The molecule has 2 nitrogen and oxygen atoms in total. The molecule has 19 heavy (non-hydrogen) atoms. The third-order valence-corrected chi connectivity index (χ3v) is 5.39. The molecule has 0 aromatic rings. The molecule has 1 spiro atoms. The highest BCUT2D eigenvalue weighted by Crippen LogP contribution is 2.53. The fraction of sp³-hybridized carbons (Fsp3) is 1.00. The molecule has 0 radical (unpaired) electrons. The fourth-order valence-corrected chi connectivity index (χ4v) is 3.88. The van der Waals surface area contributed by atoms with Crippen LogP contribution in [-0.4, -0.2) is 41.9 Å². The molecule has 0 aromatic carbocycles. The summed E-state index contributed by atoms with van der Waals surface area (Å²) < 4.78 is 37.8. The number of aliphatic hydroxyl groups excluding tert-OH is 1. The van der Waals surface area contributed by atoms with Crippen LogP contribution < -0.4 is 0 Å². The predicted octanol–water partition coefficient (Wildman–Crippen LogP) is 2.81. The van der Waals surface area contributed by atoms with Crippen molar-refractivity contribution in [2.24, 2.45) is 17.3 Å². The van der Waals surface area contributed by atoms with Gasteiger partial charge in [0.1, 0.15) is 0 Å². The zero-order valence-corrected chi connectivity index (χ0v) is 11.1. The first-order chi connectivity index (χ1) is 8.89. The third kappa shape index (κ3) is 2.77. The Morgan fingerprint density at radius 3 is 2.21 bits per heavy atom. The van der Waals surface area contributed by atoms with Gasteiger partial charge in [-0.15, -0.1) is 0 Å². The Hall–Kier alpha value is -0.290. The van der Waals surface area contributed by atoms with E-state index in [2.05, 4.69) is 4.90 Å². The molecule has 1 saturated heterocycles. The molecular formula is C14H22F3NO. The lowest BCUT2D eigenvalue weighted by Gasteiger charge is -2.32. The lowest BCUT2D eigenvalue weighted by molar-refractivity contribution is -0.184. The minimum Gasteiger partial charge on any atom is -0.391 e. The number of hydrogen-bond donors (Lipinski definition) is 1. The summed E-state index contributed by atoms with van der Waals surface area (Å²) in [6.45, 7) is 2.55. The average Bonchev–Trinajstić information content (AvgIpc) is 3.02. The Labute approximate surface area is 112 Å². The minimum atomic E-state index is -4.01. The number of aliphatic hydroxyl groups is 1. The number of likely N-dealkylation sites (tertiary alicyclic amines) is 1.